The monoisotopic (exact) mass is 384 g/mol. The lowest BCUT2D eigenvalue weighted by atomic mass is 9.92. The van der Waals surface area contributed by atoms with Gasteiger partial charge in [0.1, 0.15) is 10.7 Å². The molecule has 0 unspecified atom stereocenters. The summed E-state index contributed by atoms with van der Waals surface area (Å²) in [7, 11) is 0. The average molecular weight is 385 g/mol. The van der Waals surface area contributed by atoms with Crippen molar-refractivity contribution in [2.75, 3.05) is 0 Å². The van der Waals surface area contributed by atoms with Crippen LogP contribution in [0.15, 0.2) is 4.79 Å². The number of nitrogens with one attached hydrogen (secondary N) is 2. The molecule has 1 fully saturated rings. The maximum Gasteiger partial charge on any atom is 0.259 e. The molecular weight excluding hydrogens is 360 g/mol. The van der Waals surface area contributed by atoms with Crippen LogP contribution in [0.4, 0.5) is 0 Å². The summed E-state index contributed by atoms with van der Waals surface area (Å²) in [6.07, 6.45) is 4.60. The molecule has 0 aromatic carbocycles. The fourth-order valence-electron chi connectivity index (χ4n) is 3.21. The molecule has 1 amide bonds. The fourth-order valence-corrected chi connectivity index (χ4v) is 4.26. The highest BCUT2D eigenvalue weighted by atomic mass is 35.5. The minimum Gasteiger partial charge on any atom is -0.353 e. The molecule has 2 aromatic rings. The lowest BCUT2D eigenvalue weighted by molar-refractivity contribution is -0.122. The summed E-state index contributed by atoms with van der Waals surface area (Å²) in [5, 5.41) is 3.73. The van der Waals surface area contributed by atoms with Crippen LogP contribution < -0.4 is 16.6 Å². The predicted molar refractivity (Wildman–Crippen MR) is 104 cm³/mol. The number of H-pyrrole nitrogens is 1. The van der Waals surface area contributed by atoms with Crippen molar-refractivity contribution in [3.63, 3.8) is 0 Å². The highest BCUT2D eigenvalue weighted by Crippen LogP contribution is 2.25. The highest BCUT2D eigenvalue weighted by molar-refractivity contribution is 7.18. The minimum atomic E-state index is -0.112. The van der Waals surface area contributed by atoms with Crippen LogP contribution in [0.2, 0.25) is 0 Å². The summed E-state index contributed by atoms with van der Waals surface area (Å²) in [4.78, 5) is 33.5. The van der Waals surface area contributed by atoms with Crippen LogP contribution in [-0.2, 0) is 11.2 Å². The Kier molecular flexibility index (Phi) is 6.59. The summed E-state index contributed by atoms with van der Waals surface area (Å²) >= 11 is 1.53. The van der Waals surface area contributed by atoms with Crippen molar-refractivity contribution in [2.45, 2.75) is 64.5 Å². The Morgan fingerprint density at radius 1 is 1.32 bits per heavy atom. The van der Waals surface area contributed by atoms with Crippen molar-refractivity contribution < 1.29 is 4.79 Å². The number of nitrogens with two attached hydrogens (primary N) is 1. The number of aryl methyl sites for hydroxylation is 3. The van der Waals surface area contributed by atoms with Crippen molar-refractivity contribution in [3.8, 4) is 0 Å². The van der Waals surface area contributed by atoms with E-state index in [0.717, 1.165) is 41.0 Å². The average Bonchev–Trinajstić information content (AvgIpc) is 2.82. The maximum absolute atomic E-state index is 12.2. The molecule has 0 spiro atoms. The summed E-state index contributed by atoms with van der Waals surface area (Å²) in [5.74, 6) is 0.589. The van der Waals surface area contributed by atoms with Crippen molar-refractivity contribution in [1.29, 1.82) is 0 Å². The molecular formula is C17H25ClN4O2S. The number of hydrogen-bond donors (Lipinski definition) is 3. The molecule has 8 heteroatoms. The Hall–Kier alpha value is -1.44. The number of halogens is 1. The van der Waals surface area contributed by atoms with E-state index in [1.165, 1.54) is 11.3 Å². The number of amides is 1. The molecule has 1 aliphatic carbocycles. The van der Waals surface area contributed by atoms with Crippen molar-refractivity contribution >= 4 is 39.9 Å². The number of thiophene rings is 1. The minimum absolute atomic E-state index is 0. The fraction of sp³-hybridized carbons (Fsp3) is 0.588. The first-order chi connectivity index (χ1) is 11.4. The molecule has 0 saturated heterocycles. The van der Waals surface area contributed by atoms with Crippen molar-refractivity contribution in [1.82, 2.24) is 15.3 Å². The molecule has 25 heavy (non-hydrogen) atoms. The van der Waals surface area contributed by atoms with Gasteiger partial charge in [-0.05, 0) is 45.1 Å². The number of aromatic amines is 1. The molecule has 0 bridgehead atoms. The Labute approximate surface area is 157 Å². The van der Waals surface area contributed by atoms with Gasteiger partial charge in [-0.3, -0.25) is 9.59 Å². The van der Waals surface area contributed by atoms with Gasteiger partial charge in [-0.15, -0.1) is 23.7 Å². The van der Waals surface area contributed by atoms with E-state index in [9.17, 15) is 9.59 Å². The molecule has 0 radical (unpaired) electrons. The molecule has 2 aromatic heterocycles. The van der Waals surface area contributed by atoms with Crippen LogP contribution in [0.1, 0.15) is 48.4 Å². The van der Waals surface area contributed by atoms with Crippen LogP contribution >= 0.6 is 23.7 Å². The molecule has 6 nitrogen and oxygen atoms in total. The number of rotatable bonds is 4. The third-order valence-corrected chi connectivity index (χ3v) is 5.92. The molecule has 3 rings (SSSR count). The number of hydrogen-bond acceptors (Lipinski definition) is 5. The molecule has 1 saturated carbocycles. The quantitative estimate of drug-likeness (QED) is 0.753. The molecule has 4 N–H and O–H groups in total. The second-order valence-electron chi connectivity index (χ2n) is 6.66. The molecule has 2 heterocycles. The zero-order valence-electron chi connectivity index (χ0n) is 14.6. The van der Waals surface area contributed by atoms with E-state index < -0.39 is 0 Å². The van der Waals surface area contributed by atoms with Crippen LogP contribution in [0.5, 0.6) is 0 Å². The second kappa shape index (κ2) is 8.29. The largest absolute Gasteiger partial charge is 0.353 e. The van der Waals surface area contributed by atoms with E-state index in [2.05, 4.69) is 15.3 Å². The van der Waals surface area contributed by atoms with Crippen molar-refractivity contribution in [3.05, 3.63) is 26.6 Å². The van der Waals surface area contributed by atoms with Gasteiger partial charge in [0.05, 0.1) is 5.39 Å². The van der Waals surface area contributed by atoms with E-state index in [1.807, 2.05) is 13.8 Å². The second-order valence-corrected chi connectivity index (χ2v) is 7.86. The Bertz CT molecular complexity index is 809. The predicted octanol–water partition coefficient (Wildman–Crippen LogP) is 2.34. The third kappa shape index (κ3) is 4.59. The molecule has 0 atom stereocenters. The summed E-state index contributed by atoms with van der Waals surface area (Å²) in [6, 6.07) is 0.506. The molecule has 138 valence electrons. The summed E-state index contributed by atoms with van der Waals surface area (Å²) in [6.45, 7) is 3.93. The van der Waals surface area contributed by atoms with Crippen LogP contribution in [0, 0.1) is 13.8 Å². The van der Waals surface area contributed by atoms with Crippen LogP contribution in [0.25, 0.3) is 10.2 Å². The van der Waals surface area contributed by atoms with Gasteiger partial charge in [-0.1, -0.05) is 0 Å². The highest BCUT2D eigenvalue weighted by Gasteiger charge is 2.20. The van der Waals surface area contributed by atoms with Gasteiger partial charge < -0.3 is 16.0 Å². The normalized spacial score (nSPS) is 20.3. The first-order valence-corrected chi connectivity index (χ1v) is 9.29. The zero-order chi connectivity index (χ0) is 17.3. The van der Waals surface area contributed by atoms with Gasteiger partial charge in [0.25, 0.3) is 5.56 Å². The van der Waals surface area contributed by atoms with Gasteiger partial charge in [-0.25, -0.2) is 4.98 Å². The smallest absolute Gasteiger partial charge is 0.259 e. The van der Waals surface area contributed by atoms with Crippen LogP contribution in [0.3, 0.4) is 0 Å². The number of fused-ring (bicyclic) bond motifs is 1. The first-order valence-electron chi connectivity index (χ1n) is 8.48. The van der Waals surface area contributed by atoms with Crippen LogP contribution in [-0.4, -0.2) is 28.0 Å². The van der Waals surface area contributed by atoms with E-state index in [1.54, 1.807) is 0 Å². The SMILES string of the molecule is Cc1sc2nc(CCC(=O)NC3CCC(N)CC3)[nH]c(=O)c2c1C.Cl. The Balaban J connectivity index is 0.00000225. The lowest BCUT2D eigenvalue weighted by Gasteiger charge is -2.26. The molecule has 0 aliphatic heterocycles. The maximum atomic E-state index is 12.2. The standard InChI is InChI=1S/C17H24N4O2S.ClH/c1-9-10(2)24-17-15(9)16(23)20-13(21-17)7-8-14(22)19-12-5-3-11(18)4-6-12;/h11-12H,3-8,18H2,1-2H3,(H,19,22)(H,20,21,23);1H. The van der Waals surface area contributed by atoms with Crippen molar-refractivity contribution in [2.24, 2.45) is 5.73 Å². The van der Waals surface area contributed by atoms with Gasteiger partial charge in [0.15, 0.2) is 0 Å². The molecule has 1 aliphatic rings. The Morgan fingerprint density at radius 2 is 2.00 bits per heavy atom. The van der Waals surface area contributed by atoms with Gasteiger partial charge >= 0.3 is 0 Å². The van der Waals surface area contributed by atoms with E-state index in [0.29, 0.717) is 24.1 Å². The number of aromatic nitrogens is 2. The zero-order valence-corrected chi connectivity index (χ0v) is 16.2. The summed E-state index contributed by atoms with van der Waals surface area (Å²) < 4.78 is 0. The summed E-state index contributed by atoms with van der Waals surface area (Å²) in [5.41, 5.74) is 6.76. The van der Waals surface area contributed by atoms with Gasteiger partial charge in [-0.2, -0.15) is 0 Å². The lowest BCUT2D eigenvalue weighted by Crippen LogP contribution is -2.40. The number of nitrogens with zero attached hydrogens (tertiary/aromatic N) is 1. The first kappa shape index (κ1) is 19.9. The third-order valence-electron chi connectivity index (χ3n) is 4.81. The van der Waals surface area contributed by atoms with Gasteiger partial charge in [0, 0.05) is 29.8 Å². The van der Waals surface area contributed by atoms with Gasteiger partial charge in [0.2, 0.25) is 5.91 Å². The topological polar surface area (TPSA) is 101 Å². The van der Waals surface area contributed by atoms with E-state index in [-0.39, 0.29) is 36.0 Å². The Morgan fingerprint density at radius 3 is 2.68 bits per heavy atom. The van der Waals surface area contributed by atoms with E-state index in [4.69, 9.17) is 5.73 Å². The van der Waals surface area contributed by atoms with E-state index >= 15 is 0 Å². The number of carbonyl (C=O) groups is 1. The number of carbonyl (C=O) groups excluding carboxylic acids is 1.